The van der Waals surface area contributed by atoms with E-state index in [9.17, 15) is 24.3 Å². The summed E-state index contributed by atoms with van der Waals surface area (Å²) in [6.45, 7) is 12.9. The minimum Gasteiger partial charge on any atom is -0.393 e. The summed E-state index contributed by atoms with van der Waals surface area (Å²) in [5.41, 5.74) is 6.70. The van der Waals surface area contributed by atoms with Gasteiger partial charge in [0.1, 0.15) is 5.78 Å². The van der Waals surface area contributed by atoms with Gasteiger partial charge in [-0.3, -0.25) is 19.3 Å². The lowest BCUT2D eigenvalue weighted by molar-refractivity contribution is -0.129. The fourth-order valence-electron chi connectivity index (χ4n) is 12.9. The van der Waals surface area contributed by atoms with Gasteiger partial charge in [0, 0.05) is 48.9 Å². The molecule has 0 radical (unpaired) electrons. The van der Waals surface area contributed by atoms with Gasteiger partial charge < -0.3 is 20.0 Å². The van der Waals surface area contributed by atoms with Crippen LogP contribution in [0.3, 0.4) is 0 Å². The smallest absolute Gasteiger partial charge is 0.221 e. The van der Waals surface area contributed by atoms with E-state index in [2.05, 4.69) is 44.0 Å². The molecule has 1 spiro atoms. The van der Waals surface area contributed by atoms with E-state index in [0.29, 0.717) is 66.0 Å². The Labute approximate surface area is 351 Å². The molecule has 2 N–H and O–H groups in total. The van der Waals surface area contributed by atoms with Gasteiger partial charge in [-0.25, -0.2) is 0 Å². The molecule has 2 aromatic carbocycles. The highest BCUT2D eigenvalue weighted by Crippen LogP contribution is 2.65. The number of hydrogen-bond donors (Lipinski definition) is 2. The minimum absolute atomic E-state index is 0.0140. The Morgan fingerprint density at radius 2 is 1.69 bits per heavy atom. The topological polar surface area (TPSA) is 113 Å². The van der Waals surface area contributed by atoms with Crippen molar-refractivity contribution in [1.29, 1.82) is 0 Å². The summed E-state index contributed by atoms with van der Waals surface area (Å²) >= 11 is 0. The number of carbonyl (C=O) groups is 4. The zero-order valence-corrected chi connectivity index (χ0v) is 36.0. The summed E-state index contributed by atoms with van der Waals surface area (Å²) in [6.07, 6.45) is 12.5. The predicted octanol–water partition coefficient (Wildman–Crippen LogP) is 8.39. The first-order valence-electron chi connectivity index (χ1n) is 22.8. The van der Waals surface area contributed by atoms with E-state index in [4.69, 9.17) is 4.74 Å². The average molecular weight is 803 g/mol. The Bertz CT molecular complexity index is 1990. The van der Waals surface area contributed by atoms with Crippen molar-refractivity contribution in [2.45, 2.75) is 148 Å². The number of nitrogens with one attached hydrogen (secondary N) is 1. The number of hydrogen-bond acceptors (Lipinski definition) is 7. The molecule has 2 saturated heterocycles. The average Bonchev–Trinajstić information content (AvgIpc) is 3.75. The molecule has 2 saturated carbocycles. The number of likely N-dealkylation sites (tertiary alicyclic amines) is 1. The maximum atomic E-state index is 14.0. The van der Waals surface area contributed by atoms with Crippen LogP contribution in [-0.4, -0.2) is 76.2 Å². The summed E-state index contributed by atoms with van der Waals surface area (Å²) in [5.74, 6) is 2.38. The van der Waals surface area contributed by atoms with Gasteiger partial charge in [-0.15, -0.1) is 0 Å². The Balaban J connectivity index is 0.938. The van der Waals surface area contributed by atoms with Crippen LogP contribution in [0.1, 0.15) is 133 Å². The van der Waals surface area contributed by atoms with Gasteiger partial charge in [-0.05, 0) is 125 Å². The number of piperidine rings is 1. The second-order valence-corrected chi connectivity index (χ2v) is 19.7. The predicted molar refractivity (Wildman–Crippen MR) is 230 cm³/mol. The number of benzene rings is 2. The quantitative estimate of drug-likeness (QED) is 0.155. The zero-order valence-electron chi connectivity index (χ0n) is 36.0. The standard InChI is InChI=1S/C51H66N2O6/c1-31-26-46-48(34(4)51(59-46)24-22-40-41-19-18-38-28-39(55)21-23-50(38,5)43(41)29-42(40)33(51)3)53(30-31)25-9-12-45(56)44(52-47(57)20-13-32(2)54)27-35-14-16-37(17-15-35)49(58)36-10-7-6-8-11-36/h6-8,10-11,14-18,31,34,39-41,43-44,46,48,55H,9,12-13,19-30H2,1-5H3,(H,52,57)/t31-,34?,39-,40-,41-,43?,44-,46+,48-,50-,51-/m0/s1. The number of fused-ring (bicyclic) bond motifs is 6. The van der Waals surface area contributed by atoms with Crippen molar-refractivity contribution in [3.8, 4) is 0 Å². The number of amides is 1. The highest BCUT2D eigenvalue weighted by Gasteiger charge is 2.61. The van der Waals surface area contributed by atoms with E-state index < -0.39 is 6.04 Å². The van der Waals surface area contributed by atoms with Gasteiger partial charge in [-0.1, -0.05) is 92.6 Å². The maximum absolute atomic E-state index is 14.0. The van der Waals surface area contributed by atoms with Crippen molar-refractivity contribution in [3.05, 3.63) is 94.1 Å². The van der Waals surface area contributed by atoms with Crippen molar-refractivity contribution >= 4 is 23.3 Å². The molecule has 2 aliphatic heterocycles. The number of carbonyl (C=O) groups excluding carboxylic acids is 4. The van der Waals surface area contributed by atoms with Crippen LogP contribution in [0.5, 0.6) is 0 Å². The first-order chi connectivity index (χ1) is 28.3. The number of aliphatic hydroxyl groups is 1. The lowest BCUT2D eigenvalue weighted by Crippen LogP contribution is -2.52. The highest BCUT2D eigenvalue weighted by molar-refractivity contribution is 6.09. The number of allylic oxidation sites excluding steroid dienone is 2. The van der Waals surface area contributed by atoms with Crippen LogP contribution in [0.25, 0.3) is 0 Å². The molecular weight excluding hydrogens is 737 g/mol. The Kier molecular flexibility index (Phi) is 12.1. The first-order valence-corrected chi connectivity index (χ1v) is 22.8. The zero-order chi connectivity index (χ0) is 41.6. The van der Waals surface area contributed by atoms with Crippen molar-refractivity contribution in [3.63, 3.8) is 0 Å². The molecule has 316 valence electrons. The Hall–Kier alpha value is -3.72. The molecule has 0 bridgehead atoms. The monoisotopic (exact) mass is 802 g/mol. The van der Waals surface area contributed by atoms with Gasteiger partial charge in [0.25, 0.3) is 0 Å². The molecule has 8 rings (SSSR count). The van der Waals surface area contributed by atoms with Gasteiger partial charge in [-0.2, -0.15) is 0 Å². The van der Waals surface area contributed by atoms with Crippen LogP contribution in [0, 0.1) is 35.0 Å². The largest absolute Gasteiger partial charge is 0.393 e. The molecule has 8 nitrogen and oxygen atoms in total. The van der Waals surface area contributed by atoms with Crippen molar-refractivity contribution in [2.75, 3.05) is 13.1 Å². The number of nitrogens with zero attached hydrogens (tertiary/aromatic N) is 1. The molecule has 11 atom stereocenters. The number of ketones is 3. The summed E-state index contributed by atoms with van der Waals surface area (Å²) in [6, 6.07) is 16.0. The summed E-state index contributed by atoms with van der Waals surface area (Å²) in [7, 11) is 0. The van der Waals surface area contributed by atoms with Gasteiger partial charge in [0.05, 0.1) is 23.9 Å². The van der Waals surface area contributed by atoms with Crippen LogP contribution in [0.4, 0.5) is 0 Å². The van der Waals surface area contributed by atoms with E-state index in [-0.39, 0.29) is 59.3 Å². The molecule has 0 aromatic heterocycles. The van der Waals surface area contributed by atoms with Crippen LogP contribution < -0.4 is 5.32 Å². The van der Waals surface area contributed by atoms with E-state index in [1.54, 1.807) is 29.8 Å². The lowest BCUT2D eigenvalue weighted by atomic mass is 9.56. The highest BCUT2D eigenvalue weighted by atomic mass is 16.5. The number of Topliss-reactive ketones (excluding diaryl/α,β-unsaturated/α-hetero) is 2. The molecule has 4 fully saturated rings. The van der Waals surface area contributed by atoms with E-state index >= 15 is 0 Å². The summed E-state index contributed by atoms with van der Waals surface area (Å²) in [4.78, 5) is 54.3. The van der Waals surface area contributed by atoms with Gasteiger partial charge >= 0.3 is 0 Å². The molecular formula is C51H66N2O6. The second kappa shape index (κ2) is 17.0. The fraction of sp³-hybridized carbons (Fsp3) is 0.608. The van der Waals surface area contributed by atoms with E-state index in [1.165, 1.54) is 30.9 Å². The molecule has 4 aliphatic carbocycles. The van der Waals surface area contributed by atoms with Gasteiger partial charge in [0.2, 0.25) is 5.91 Å². The number of ether oxygens (including phenoxy) is 1. The normalized spacial score (nSPS) is 34.3. The van der Waals surface area contributed by atoms with Crippen LogP contribution >= 0.6 is 0 Å². The molecule has 6 aliphatic rings. The SMILES string of the molecule is CC(=O)CCC(=O)N[C@@H](Cc1ccc(C(=O)c2ccccc2)cc1)C(=O)CCCN1C[C@@H](C)C[C@H]2O[C@]3(CC[C@@H]4C(=C3C)CC3[C@H]4CC=C4C[C@@H](O)CC[C@@]43C)C(C)[C@@H]21. The van der Waals surface area contributed by atoms with Gasteiger partial charge in [0.15, 0.2) is 11.6 Å². The number of aliphatic hydroxyl groups excluding tert-OH is 1. The molecule has 1 amide bonds. The Morgan fingerprint density at radius 1 is 0.949 bits per heavy atom. The lowest BCUT2D eigenvalue weighted by Gasteiger charge is -2.49. The maximum Gasteiger partial charge on any atom is 0.221 e. The van der Waals surface area contributed by atoms with Crippen LogP contribution in [0.15, 0.2) is 77.4 Å². The third kappa shape index (κ3) is 8.11. The molecule has 2 unspecified atom stereocenters. The minimum atomic E-state index is -0.720. The fourth-order valence-corrected chi connectivity index (χ4v) is 12.9. The van der Waals surface area contributed by atoms with E-state index in [0.717, 1.165) is 57.2 Å². The van der Waals surface area contributed by atoms with Crippen molar-refractivity contribution in [1.82, 2.24) is 10.2 Å². The van der Waals surface area contributed by atoms with Crippen molar-refractivity contribution < 1.29 is 29.0 Å². The molecule has 8 heteroatoms. The third-order valence-corrected chi connectivity index (χ3v) is 16.1. The summed E-state index contributed by atoms with van der Waals surface area (Å²) in [5, 5.41) is 13.5. The molecule has 2 aromatic rings. The van der Waals surface area contributed by atoms with Crippen LogP contribution in [-0.2, 0) is 25.5 Å². The molecule has 2 heterocycles. The second-order valence-electron chi connectivity index (χ2n) is 19.7. The summed E-state index contributed by atoms with van der Waals surface area (Å²) < 4.78 is 7.39. The first kappa shape index (κ1) is 42.0. The molecule has 59 heavy (non-hydrogen) atoms. The number of rotatable bonds is 13. The Morgan fingerprint density at radius 3 is 2.44 bits per heavy atom. The third-order valence-electron chi connectivity index (χ3n) is 16.1. The van der Waals surface area contributed by atoms with Crippen LogP contribution in [0.2, 0.25) is 0 Å². The van der Waals surface area contributed by atoms with E-state index in [1.807, 2.05) is 30.3 Å². The van der Waals surface area contributed by atoms with Crippen molar-refractivity contribution in [2.24, 2.45) is 35.0 Å².